The van der Waals surface area contributed by atoms with Crippen molar-refractivity contribution in [2.45, 2.75) is 63.7 Å². The van der Waals surface area contributed by atoms with Gasteiger partial charge in [0.2, 0.25) is 0 Å². The Hall–Kier alpha value is -0.650. The van der Waals surface area contributed by atoms with Crippen molar-refractivity contribution in [3.8, 4) is 0 Å². The number of hydrogen-bond donors (Lipinski definition) is 1. The third-order valence-electron chi connectivity index (χ3n) is 4.57. The highest BCUT2D eigenvalue weighted by Gasteiger charge is 2.57. The standard InChI is InChI=1S/C14H22F2N2OS/c1-8-5-6-10(8)7-9(2)17-12-18-11(19)13(3,20-12)14(4,15)16/h8-10H,5-7H2,1-4H3,(H,17,18,19)/t8?,9-,10+,13-/m1/s1. The van der Waals surface area contributed by atoms with E-state index < -0.39 is 16.6 Å². The molecule has 3 nitrogen and oxygen atoms in total. The molecule has 6 heteroatoms. The summed E-state index contributed by atoms with van der Waals surface area (Å²) in [7, 11) is 0. The van der Waals surface area contributed by atoms with Gasteiger partial charge < -0.3 is 5.32 Å². The van der Waals surface area contributed by atoms with Crippen molar-refractivity contribution < 1.29 is 13.6 Å². The predicted molar refractivity (Wildman–Crippen MR) is 78.2 cm³/mol. The lowest BCUT2D eigenvalue weighted by Gasteiger charge is -2.36. The van der Waals surface area contributed by atoms with Crippen molar-refractivity contribution >= 4 is 22.8 Å². The first-order valence-corrected chi connectivity index (χ1v) is 7.91. The molecule has 2 aliphatic rings. The number of amidine groups is 1. The van der Waals surface area contributed by atoms with Gasteiger partial charge in [0.25, 0.3) is 11.8 Å². The minimum absolute atomic E-state index is 0.148. The number of carbonyl (C=O) groups is 1. The third kappa shape index (κ3) is 2.85. The highest BCUT2D eigenvalue weighted by molar-refractivity contribution is 8.16. The second kappa shape index (κ2) is 5.28. The molecule has 0 spiro atoms. The summed E-state index contributed by atoms with van der Waals surface area (Å²) in [6, 6.07) is 0.148. The van der Waals surface area contributed by atoms with Crippen molar-refractivity contribution in [2.24, 2.45) is 16.8 Å². The van der Waals surface area contributed by atoms with Crippen LogP contribution in [0.25, 0.3) is 0 Å². The lowest BCUT2D eigenvalue weighted by atomic mass is 9.72. The number of alkyl halides is 2. The number of halogens is 2. The molecule has 114 valence electrons. The minimum Gasteiger partial charge on any atom is -0.362 e. The van der Waals surface area contributed by atoms with Crippen LogP contribution in [0.4, 0.5) is 8.78 Å². The van der Waals surface area contributed by atoms with Crippen LogP contribution in [-0.2, 0) is 4.79 Å². The first-order valence-electron chi connectivity index (χ1n) is 7.10. The van der Waals surface area contributed by atoms with Gasteiger partial charge in [0, 0.05) is 13.0 Å². The topological polar surface area (TPSA) is 41.5 Å². The second-order valence-corrected chi connectivity index (χ2v) is 7.75. The Morgan fingerprint density at radius 1 is 1.55 bits per heavy atom. The van der Waals surface area contributed by atoms with E-state index in [-0.39, 0.29) is 6.04 Å². The van der Waals surface area contributed by atoms with Crippen LogP contribution in [0.1, 0.15) is 47.0 Å². The van der Waals surface area contributed by atoms with E-state index in [9.17, 15) is 13.6 Å². The van der Waals surface area contributed by atoms with Crippen molar-refractivity contribution in [1.29, 1.82) is 0 Å². The van der Waals surface area contributed by atoms with Crippen LogP contribution in [0.15, 0.2) is 4.99 Å². The van der Waals surface area contributed by atoms with Crippen molar-refractivity contribution in [1.82, 2.24) is 5.32 Å². The van der Waals surface area contributed by atoms with E-state index >= 15 is 0 Å². The number of rotatable bonds is 4. The lowest BCUT2D eigenvalue weighted by molar-refractivity contribution is -0.128. The monoisotopic (exact) mass is 304 g/mol. The van der Waals surface area contributed by atoms with Crippen molar-refractivity contribution in [3.63, 3.8) is 0 Å². The van der Waals surface area contributed by atoms with Crippen LogP contribution in [0.3, 0.4) is 0 Å². The van der Waals surface area contributed by atoms with Gasteiger partial charge in [0.15, 0.2) is 9.91 Å². The average Bonchev–Trinajstić information content (AvgIpc) is 2.60. The van der Waals surface area contributed by atoms with Crippen LogP contribution in [0.2, 0.25) is 0 Å². The van der Waals surface area contributed by atoms with Crippen molar-refractivity contribution in [3.05, 3.63) is 0 Å². The van der Waals surface area contributed by atoms with E-state index in [0.717, 1.165) is 31.0 Å². The van der Waals surface area contributed by atoms with Gasteiger partial charge in [-0.1, -0.05) is 25.1 Å². The van der Waals surface area contributed by atoms with Crippen molar-refractivity contribution in [2.75, 3.05) is 0 Å². The number of amides is 1. The van der Waals surface area contributed by atoms with Crippen LogP contribution in [0, 0.1) is 11.8 Å². The molecule has 0 aromatic rings. The van der Waals surface area contributed by atoms with Crippen LogP contribution in [0.5, 0.6) is 0 Å². The summed E-state index contributed by atoms with van der Waals surface area (Å²) < 4.78 is 25.3. The van der Waals surface area contributed by atoms with E-state index in [1.54, 1.807) is 0 Å². The molecule has 1 aliphatic carbocycles. The summed E-state index contributed by atoms with van der Waals surface area (Å²) in [6.45, 7) is 6.28. The highest BCUT2D eigenvalue weighted by atomic mass is 32.2. The number of thioether (sulfide) groups is 1. The quantitative estimate of drug-likeness (QED) is 0.865. The smallest absolute Gasteiger partial charge is 0.270 e. The molecular weight excluding hydrogens is 282 g/mol. The first kappa shape index (κ1) is 15.7. The molecule has 0 saturated heterocycles. The lowest BCUT2D eigenvalue weighted by Crippen LogP contribution is -2.45. The Balaban J connectivity index is 1.92. The number of nitrogens with zero attached hydrogens (tertiary/aromatic N) is 1. The molecule has 1 unspecified atom stereocenters. The second-order valence-electron chi connectivity index (χ2n) is 6.34. The summed E-state index contributed by atoms with van der Waals surface area (Å²) in [5.74, 6) is -2.40. The van der Waals surface area contributed by atoms with Gasteiger partial charge in [-0.2, -0.15) is 4.99 Å². The molecule has 2 rings (SSSR count). The van der Waals surface area contributed by atoms with Crippen LogP contribution in [-0.4, -0.2) is 27.8 Å². The van der Waals surface area contributed by atoms with E-state index in [1.165, 1.54) is 19.8 Å². The van der Waals surface area contributed by atoms with E-state index in [4.69, 9.17) is 0 Å². The zero-order chi connectivity index (χ0) is 15.1. The fourth-order valence-corrected chi connectivity index (χ4v) is 3.70. The molecular formula is C14H22F2N2OS. The van der Waals surface area contributed by atoms with E-state index in [2.05, 4.69) is 17.2 Å². The zero-order valence-electron chi connectivity index (χ0n) is 12.4. The van der Waals surface area contributed by atoms with Crippen LogP contribution >= 0.6 is 11.8 Å². The maximum absolute atomic E-state index is 13.6. The van der Waals surface area contributed by atoms with Gasteiger partial charge in [-0.15, -0.1) is 0 Å². The van der Waals surface area contributed by atoms with Gasteiger partial charge in [-0.3, -0.25) is 4.79 Å². The molecule has 20 heavy (non-hydrogen) atoms. The minimum atomic E-state index is -3.09. The van der Waals surface area contributed by atoms with Gasteiger partial charge >= 0.3 is 0 Å². The maximum Gasteiger partial charge on any atom is 0.270 e. The Bertz CT molecular complexity index is 435. The van der Waals surface area contributed by atoms with Gasteiger partial charge in [-0.25, -0.2) is 8.78 Å². The highest BCUT2D eigenvalue weighted by Crippen LogP contribution is 2.45. The largest absolute Gasteiger partial charge is 0.362 e. The number of aliphatic imine (C=N–C) groups is 1. The third-order valence-corrected chi connectivity index (χ3v) is 5.92. The average molecular weight is 304 g/mol. The van der Waals surface area contributed by atoms with Gasteiger partial charge in [0.05, 0.1) is 0 Å². The molecule has 4 atom stereocenters. The zero-order valence-corrected chi connectivity index (χ0v) is 13.2. The first-order chi connectivity index (χ1) is 9.13. The summed E-state index contributed by atoms with van der Waals surface area (Å²) in [5, 5.41) is 3.45. The Morgan fingerprint density at radius 3 is 2.60 bits per heavy atom. The predicted octanol–water partition coefficient (Wildman–Crippen LogP) is 3.44. The molecule has 0 radical (unpaired) electrons. The molecule has 0 aromatic heterocycles. The number of hydrogen-bond acceptors (Lipinski definition) is 3. The molecule has 0 aromatic carbocycles. The Kier molecular flexibility index (Phi) is 4.15. The number of carbonyl (C=O) groups excluding carboxylic acids is 1. The SMILES string of the molecule is CC1CC[C@H]1C[C@@H](C)NC1=NC(=O)[C@](C)(C(C)(F)F)S1. The van der Waals surface area contributed by atoms with E-state index in [1.807, 2.05) is 6.92 Å². The summed E-state index contributed by atoms with van der Waals surface area (Å²) in [5.41, 5.74) is 0. The molecule has 1 saturated carbocycles. The summed E-state index contributed by atoms with van der Waals surface area (Å²) in [6.07, 6.45) is 3.50. The van der Waals surface area contributed by atoms with Crippen LogP contribution < -0.4 is 5.32 Å². The molecule has 1 fully saturated rings. The molecule has 1 N–H and O–H groups in total. The number of nitrogens with one attached hydrogen (secondary N) is 1. The fourth-order valence-electron chi connectivity index (χ4n) is 2.61. The fraction of sp³-hybridized carbons (Fsp3) is 0.857. The van der Waals surface area contributed by atoms with Gasteiger partial charge in [-0.05, 0) is 38.5 Å². The normalized spacial score (nSPS) is 35.5. The Morgan fingerprint density at radius 2 is 2.20 bits per heavy atom. The summed E-state index contributed by atoms with van der Waals surface area (Å²) >= 11 is 0.849. The maximum atomic E-state index is 13.6. The summed E-state index contributed by atoms with van der Waals surface area (Å²) in [4.78, 5) is 15.5. The Labute approximate surface area is 123 Å². The molecule has 0 bridgehead atoms. The molecule has 1 amide bonds. The molecule has 1 aliphatic heterocycles. The molecule has 1 heterocycles. The van der Waals surface area contributed by atoms with Gasteiger partial charge in [0.1, 0.15) is 0 Å². The van der Waals surface area contributed by atoms with E-state index in [0.29, 0.717) is 11.1 Å².